The van der Waals surface area contributed by atoms with Crippen LogP contribution >= 0.6 is 11.3 Å². The summed E-state index contributed by atoms with van der Waals surface area (Å²) in [6.07, 6.45) is 3.16. The van der Waals surface area contributed by atoms with Gasteiger partial charge in [-0.1, -0.05) is 23.0 Å². The highest BCUT2D eigenvalue weighted by Crippen LogP contribution is 2.28. The Hall–Kier alpha value is -3.19. The molecule has 0 radical (unpaired) electrons. The van der Waals surface area contributed by atoms with Gasteiger partial charge in [-0.15, -0.1) is 0 Å². The molecule has 27 heavy (non-hydrogen) atoms. The quantitative estimate of drug-likeness (QED) is 0.649. The van der Waals surface area contributed by atoms with Gasteiger partial charge in [0.1, 0.15) is 5.75 Å². The molecule has 6 nitrogen and oxygen atoms in total. The highest BCUT2D eigenvalue weighted by Gasteiger charge is 2.08. The van der Waals surface area contributed by atoms with E-state index >= 15 is 0 Å². The Morgan fingerprint density at radius 2 is 1.96 bits per heavy atom. The Labute approximate surface area is 160 Å². The Balaban J connectivity index is 1.74. The molecule has 0 unspecified atom stereocenters. The highest BCUT2D eigenvalue weighted by molar-refractivity contribution is 7.22. The van der Waals surface area contributed by atoms with Gasteiger partial charge in [0.15, 0.2) is 5.13 Å². The molecule has 2 N–H and O–H groups in total. The summed E-state index contributed by atoms with van der Waals surface area (Å²) in [5.74, 6) is 0.291. The van der Waals surface area contributed by atoms with Crippen LogP contribution in [0.4, 0.5) is 10.8 Å². The third-order valence-electron chi connectivity index (χ3n) is 3.74. The molecule has 0 atom stereocenters. The number of nitrogens with zero attached hydrogens (tertiary/aromatic N) is 1. The van der Waals surface area contributed by atoms with Crippen LogP contribution in [0.2, 0.25) is 0 Å². The predicted octanol–water partition coefficient (Wildman–Crippen LogP) is 4.22. The minimum absolute atomic E-state index is 0.135. The van der Waals surface area contributed by atoms with Crippen molar-refractivity contribution in [1.82, 2.24) is 4.98 Å². The van der Waals surface area contributed by atoms with Crippen LogP contribution in [0.15, 0.2) is 42.5 Å². The van der Waals surface area contributed by atoms with Gasteiger partial charge in [-0.05, 0) is 43.3 Å². The molecule has 0 aliphatic heterocycles. The Morgan fingerprint density at radius 1 is 1.15 bits per heavy atom. The number of fused-ring (bicyclic) bond motifs is 1. The first kappa shape index (κ1) is 18.6. The molecule has 1 heterocycles. The largest absolute Gasteiger partial charge is 0.496 e. The van der Waals surface area contributed by atoms with Crippen LogP contribution in [-0.2, 0) is 9.59 Å². The lowest BCUT2D eigenvalue weighted by Crippen LogP contribution is -2.07. The van der Waals surface area contributed by atoms with E-state index < -0.39 is 0 Å². The topological polar surface area (TPSA) is 80.3 Å². The van der Waals surface area contributed by atoms with Crippen molar-refractivity contribution in [3.63, 3.8) is 0 Å². The standard InChI is InChI=1S/C20H19N3O3S/c1-12-4-8-17(26-3)14(10-12)5-9-19(25)23-20-22-16-7-6-15(21-13(2)24)11-18(16)27-20/h4-11H,1-3H3,(H,21,24)(H,22,23,25)/b9-5+. The minimum atomic E-state index is -0.278. The summed E-state index contributed by atoms with van der Waals surface area (Å²) < 4.78 is 6.18. The van der Waals surface area contributed by atoms with Gasteiger partial charge in [0.05, 0.1) is 17.3 Å². The van der Waals surface area contributed by atoms with E-state index in [0.29, 0.717) is 16.6 Å². The van der Waals surface area contributed by atoms with Crippen molar-refractivity contribution in [1.29, 1.82) is 0 Å². The van der Waals surface area contributed by atoms with Crippen LogP contribution in [-0.4, -0.2) is 23.9 Å². The number of ether oxygens (including phenoxy) is 1. The Morgan fingerprint density at radius 3 is 2.70 bits per heavy atom. The van der Waals surface area contributed by atoms with Crippen molar-refractivity contribution in [2.75, 3.05) is 17.7 Å². The molecule has 1 aromatic heterocycles. The second kappa shape index (κ2) is 8.01. The normalized spacial score (nSPS) is 10.9. The first-order valence-electron chi connectivity index (χ1n) is 8.26. The highest BCUT2D eigenvalue weighted by atomic mass is 32.1. The van der Waals surface area contributed by atoms with E-state index in [-0.39, 0.29) is 11.8 Å². The number of benzene rings is 2. The maximum atomic E-state index is 12.2. The van der Waals surface area contributed by atoms with Crippen LogP contribution in [0, 0.1) is 6.92 Å². The fourth-order valence-corrected chi connectivity index (χ4v) is 3.46. The summed E-state index contributed by atoms with van der Waals surface area (Å²) in [6, 6.07) is 11.2. The second-order valence-electron chi connectivity index (χ2n) is 5.95. The van der Waals surface area contributed by atoms with E-state index in [2.05, 4.69) is 15.6 Å². The molecule has 3 rings (SSSR count). The number of amides is 2. The number of thiazole rings is 1. The molecule has 138 valence electrons. The van der Waals surface area contributed by atoms with Crippen LogP contribution in [0.1, 0.15) is 18.1 Å². The summed E-state index contributed by atoms with van der Waals surface area (Å²) in [5, 5.41) is 5.99. The number of hydrogen-bond acceptors (Lipinski definition) is 5. The number of nitrogens with one attached hydrogen (secondary N) is 2. The molecule has 0 aliphatic rings. The fourth-order valence-electron chi connectivity index (χ4n) is 2.56. The first-order valence-corrected chi connectivity index (χ1v) is 9.08. The van der Waals surface area contributed by atoms with Crippen molar-refractivity contribution in [3.05, 3.63) is 53.6 Å². The number of methoxy groups -OCH3 is 1. The van der Waals surface area contributed by atoms with Crippen molar-refractivity contribution >= 4 is 50.3 Å². The predicted molar refractivity (Wildman–Crippen MR) is 109 cm³/mol. The molecule has 3 aromatic rings. The molecule has 2 aromatic carbocycles. The van der Waals surface area contributed by atoms with Gasteiger partial charge >= 0.3 is 0 Å². The summed E-state index contributed by atoms with van der Waals surface area (Å²) >= 11 is 1.35. The third-order valence-corrected chi connectivity index (χ3v) is 4.67. The molecule has 0 saturated carbocycles. The smallest absolute Gasteiger partial charge is 0.250 e. The summed E-state index contributed by atoms with van der Waals surface area (Å²) in [6.45, 7) is 3.44. The molecule has 2 amide bonds. The number of carbonyl (C=O) groups is 2. The lowest BCUT2D eigenvalue weighted by atomic mass is 10.1. The number of carbonyl (C=O) groups excluding carboxylic acids is 2. The van der Waals surface area contributed by atoms with Gasteiger partial charge in [0.2, 0.25) is 11.8 Å². The maximum absolute atomic E-state index is 12.2. The number of aromatic nitrogens is 1. The number of anilines is 2. The van der Waals surface area contributed by atoms with Crippen molar-refractivity contribution in [2.24, 2.45) is 0 Å². The van der Waals surface area contributed by atoms with E-state index in [1.165, 1.54) is 24.3 Å². The van der Waals surface area contributed by atoms with Gasteiger partial charge in [0, 0.05) is 24.3 Å². The molecule has 0 saturated heterocycles. The van der Waals surface area contributed by atoms with Crippen LogP contribution < -0.4 is 15.4 Å². The average Bonchev–Trinajstić information content (AvgIpc) is 3.01. The minimum Gasteiger partial charge on any atom is -0.496 e. The SMILES string of the molecule is COc1ccc(C)cc1/C=C/C(=O)Nc1nc2ccc(NC(C)=O)cc2s1. The zero-order valence-corrected chi connectivity index (χ0v) is 16.0. The maximum Gasteiger partial charge on any atom is 0.250 e. The summed E-state index contributed by atoms with van der Waals surface area (Å²) in [7, 11) is 1.60. The molecule has 0 aliphatic carbocycles. The molecular formula is C20H19N3O3S. The van der Waals surface area contributed by atoms with Gasteiger partial charge in [0.25, 0.3) is 0 Å². The zero-order valence-electron chi connectivity index (χ0n) is 15.2. The third kappa shape index (κ3) is 4.71. The molecular weight excluding hydrogens is 362 g/mol. The zero-order chi connectivity index (χ0) is 19.4. The van der Waals surface area contributed by atoms with Crippen molar-refractivity contribution in [3.8, 4) is 5.75 Å². The van der Waals surface area contributed by atoms with Crippen LogP contribution in [0.25, 0.3) is 16.3 Å². The van der Waals surface area contributed by atoms with Gasteiger partial charge in [-0.2, -0.15) is 0 Å². The number of rotatable bonds is 5. The summed E-state index contributed by atoms with van der Waals surface area (Å²) in [5.41, 5.74) is 3.37. The van der Waals surface area contributed by atoms with Crippen molar-refractivity contribution in [2.45, 2.75) is 13.8 Å². The van der Waals surface area contributed by atoms with Gasteiger partial charge < -0.3 is 10.1 Å². The second-order valence-corrected chi connectivity index (χ2v) is 6.98. The molecule has 7 heteroatoms. The molecule has 0 bridgehead atoms. The molecule has 0 fully saturated rings. The van der Waals surface area contributed by atoms with E-state index in [0.717, 1.165) is 21.3 Å². The lowest BCUT2D eigenvalue weighted by molar-refractivity contribution is -0.114. The van der Waals surface area contributed by atoms with Crippen LogP contribution in [0.5, 0.6) is 5.75 Å². The van der Waals surface area contributed by atoms with Crippen molar-refractivity contribution < 1.29 is 14.3 Å². The fraction of sp³-hybridized carbons (Fsp3) is 0.150. The van der Waals surface area contributed by atoms with E-state index in [4.69, 9.17) is 4.74 Å². The average molecular weight is 381 g/mol. The van der Waals surface area contributed by atoms with Crippen LogP contribution in [0.3, 0.4) is 0 Å². The summed E-state index contributed by atoms with van der Waals surface area (Å²) in [4.78, 5) is 27.8. The number of hydrogen-bond donors (Lipinski definition) is 2. The van der Waals surface area contributed by atoms with Gasteiger partial charge in [-0.25, -0.2) is 4.98 Å². The van der Waals surface area contributed by atoms with E-state index in [1.54, 1.807) is 25.3 Å². The van der Waals surface area contributed by atoms with E-state index in [1.807, 2.05) is 31.2 Å². The van der Waals surface area contributed by atoms with Gasteiger partial charge in [-0.3, -0.25) is 14.9 Å². The Kier molecular flexibility index (Phi) is 5.52. The first-order chi connectivity index (χ1) is 12.9. The Bertz CT molecular complexity index is 1040. The molecule has 0 spiro atoms. The lowest BCUT2D eigenvalue weighted by Gasteiger charge is -2.05. The van der Waals surface area contributed by atoms with E-state index in [9.17, 15) is 9.59 Å². The number of aryl methyl sites for hydroxylation is 1. The monoisotopic (exact) mass is 381 g/mol.